The number of nitrogens with one attached hydrogen (secondary N) is 1. The molecule has 1 N–H and O–H groups in total. The third-order valence-corrected chi connectivity index (χ3v) is 3.87. The number of carbonyl (C=O) groups excluding carboxylic acids is 1. The van der Waals surface area contributed by atoms with Crippen LogP contribution in [0.15, 0.2) is 42.5 Å². The van der Waals surface area contributed by atoms with E-state index in [1.165, 1.54) is 0 Å². The molecule has 0 saturated carbocycles. The summed E-state index contributed by atoms with van der Waals surface area (Å²) in [5, 5.41) is 3.56. The van der Waals surface area contributed by atoms with Crippen LogP contribution in [0.4, 0.5) is 5.69 Å². The molecule has 2 aromatic rings. The van der Waals surface area contributed by atoms with Crippen molar-refractivity contribution in [2.75, 3.05) is 5.32 Å². The van der Waals surface area contributed by atoms with Gasteiger partial charge in [-0.2, -0.15) is 0 Å². The predicted molar refractivity (Wildman–Crippen MR) is 87.1 cm³/mol. The molecule has 94 valence electrons. The molecule has 0 aromatic heterocycles. The molecule has 0 atom stereocenters. The fourth-order valence-electron chi connectivity index (χ4n) is 2.03. The van der Waals surface area contributed by atoms with Crippen LogP contribution in [0.25, 0.3) is 11.6 Å². The molecule has 1 amide bonds. The largest absolute Gasteiger partial charge is 0.321 e. The van der Waals surface area contributed by atoms with Crippen molar-refractivity contribution >= 4 is 57.4 Å². The second-order valence-corrected chi connectivity index (χ2v) is 5.94. The lowest BCUT2D eigenvalue weighted by atomic mass is 10.0. The zero-order valence-corrected chi connectivity index (χ0v) is 12.7. The van der Waals surface area contributed by atoms with Crippen molar-refractivity contribution < 1.29 is 4.79 Å². The van der Waals surface area contributed by atoms with Gasteiger partial charge in [0.2, 0.25) is 0 Å². The van der Waals surface area contributed by atoms with Crippen LogP contribution < -0.4 is 5.32 Å². The van der Waals surface area contributed by atoms with E-state index in [1.807, 2.05) is 48.5 Å². The highest BCUT2D eigenvalue weighted by Gasteiger charge is 2.23. The maximum atomic E-state index is 12.0. The first-order valence-electron chi connectivity index (χ1n) is 5.72. The summed E-state index contributed by atoms with van der Waals surface area (Å²) >= 11 is 8.10. The number of anilines is 1. The van der Waals surface area contributed by atoms with E-state index >= 15 is 0 Å². The van der Waals surface area contributed by atoms with Gasteiger partial charge in [-0.3, -0.25) is 4.79 Å². The number of benzene rings is 2. The first-order chi connectivity index (χ1) is 9.13. The van der Waals surface area contributed by atoms with Crippen molar-refractivity contribution in [2.45, 2.75) is 0 Å². The predicted octanol–water partition coefficient (Wildman–Crippen LogP) is 4.44. The molecule has 3 rings (SSSR count). The number of carbonyl (C=O) groups is 1. The van der Waals surface area contributed by atoms with E-state index in [9.17, 15) is 4.79 Å². The molecule has 1 heterocycles. The minimum atomic E-state index is -0.0630. The Morgan fingerprint density at radius 3 is 2.58 bits per heavy atom. The van der Waals surface area contributed by atoms with Crippen LogP contribution in [0.1, 0.15) is 11.1 Å². The summed E-state index contributed by atoms with van der Waals surface area (Å²) in [4.78, 5) is 12.0. The molecule has 2 nitrogen and oxygen atoms in total. The molecule has 0 bridgehead atoms. The Bertz CT molecular complexity index is 692. The van der Waals surface area contributed by atoms with Crippen LogP contribution in [-0.4, -0.2) is 5.91 Å². The maximum Gasteiger partial charge on any atom is 0.256 e. The lowest BCUT2D eigenvalue weighted by Gasteiger charge is -2.00. The molecule has 19 heavy (non-hydrogen) atoms. The average molecular weight is 382 g/mol. The van der Waals surface area contributed by atoms with Crippen LogP contribution in [0.3, 0.4) is 0 Å². The first-order valence-corrected chi connectivity index (χ1v) is 7.18. The quantitative estimate of drug-likeness (QED) is 0.574. The number of rotatable bonds is 1. The van der Waals surface area contributed by atoms with Crippen molar-refractivity contribution in [1.29, 1.82) is 0 Å². The van der Waals surface area contributed by atoms with Gasteiger partial charge in [0.05, 0.1) is 0 Å². The van der Waals surface area contributed by atoms with Gasteiger partial charge in [0, 0.05) is 25.4 Å². The van der Waals surface area contributed by atoms with Gasteiger partial charge in [0.1, 0.15) is 0 Å². The van der Waals surface area contributed by atoms with E-state index in [-0.39, 0.29) is 5.91 Å². The molecule has 0 fully saturated rings. The molecule has 0 unspecified atom stereocenters. The van der Waals surface area contributed by atoms with Gasteiger partial charge in [0.15, 0.2) is 0 Å². The molecule has 0 saturated heterocycles. The molecule has 0 radical (unpaired) electrons. The van der Waals surface area contributed by atoms with E-state index in [4.69, 9.17) is 11.6 Å². The zero-order chi connectivity index (χ0) is 13.4. The highest BCUT2D eigenvalue weighted by atomic mass is 127. The van der Waals surface area contributed by atoms with Crippen molar-refractivity contribution in [2.24, 2.45) is 0 Å². The molecule has 0 spiro atoms. The molecule has 0 aliphatic carbocycles. The lowest BCUT2D eigenvalue weighted by molar-refractivity contribution is -0.110. The topological polar surface area (TPSA) is 29.1 Å². The molecule has 1 aliphatic heterocycles. The Hall–Kier alpha value is -1.33. The monoisotopic (exact) mass is 381 g/mol. The Labute approximate surface area is 129 Å². The van der Waals surface area contributed by atoms with E-state index in [2.05, 4.69) is 27.9 Å². The fraction of sp³-hybridized carbons (Fsp3) is 0. The third kappa shape index (κ3) is 2.53. The summed E-state index contributed by atoms with van der Waals surface area (Å²) in [6, 6.07) is 13.3. The second kappa shape index (κ2) is 4.98. The summed E-state index contributed by atoms with van der Waals surface area (Å²) < 4.78 is 1.11. The second-order valence-electron chi connectivity index (χ2n) is 4.25. The van der Waals surface area contributed by atoms with Crippen LogP contribution in [0, 0.1) is 3.57 Å². The number of amides is 1. The minimum absolute atomic E-state index is 0.0630. The lowest BCUT2D eigenvalue weighted by Crippen LogP contribution is -2.03. The van der Waals surface area contributed by atoms with Crippen molar-refractivity contribution in [1.82, 2.24) is 0 Å². The van der Waals surface area contributed by atoms with Crippen LogP contribution in [0.2, 0.25) is 5.02 Å². The van der Waals surface area contributed by atoms with Crippen molar-refractivity contribution in [3.05, 3.63) is 62.2 Å². The highest BCUT2D eigenvalue weighted by Crippen LogP contribution is 2.34. The molecule has 2 aromatic carbocycles. The average Bonchev–Trinajstić information content (AvgIpc) is 2.69. The molecule has 4 heteroatoms. The van der Waals surface area contributed by atoms with Gasteiger partial charge in [-0.15, -0.1) is 0 Å². The number of hydrogen-bond acceptors (Lipinski definition) is 1. The highest BCUT2D eigenvalue weighted by molar-refractivity contribution is 14.1. The normalized spacial score (nSPS) is 15.5. The first kappa shape index (κ1) is 12.7. The number of halogens is 2. The van der Waals surface area contributed by atoms with E-state index in [0.29, 0.717) is 10.6 Å². The van der Waals surface area contributed by atoms with Gasteiger partial charge in [-0.05, 0) is 64.6 Å². The van der Waals surface area contributed by atoms with Crippen LogP contribution >= 0.6 is 34.2 Å². The molecular weight excluding hydrogens is 373 g/mol. The van der Waals surface area contributed by atoms with E-state index in [1.54, 1.807) is 0 Å². The van der Waals surface area contributed by atoms with Crippen molar-refractivity contribution in [3.8, 4) is 0 Å². The zero-order valence-electron chi connectivity index (χ0n) is 9.78. The van der Waals surface area contributed by atoms with E-state index in [0.717, 1.165) is 20.4 Å². The third-order valence-electron chi connectivity index (χ3n) is 2.95. The maximum absolute atomic E-state index is 12.0. The summed E-state index contributed by atoms with van der Waals surface area (Å²) in [5.41, 5.74) is 3.47. The summed E-state index contributed by atoms with van der Waals surface area (Å²) in [7, 11) is 0. The minimum Gasteiger partial charge on any atom is -0.321 e. The van der Waals surface area contributed by atoms with Crippen LogP contribution in [-0.2, 0) is 4.79 Å². The van der Waals surface area contributed by atoms with Crippen molar-refractivity contribution in [3.63, 3.8) is 0 Å². The Morgan fingerprint density at radius 2 is 1.84 bits per heavy atom. The standard InChI is InChI=1S/C15H9ClINO/c16-10-3-1-9(2-4-10)7-13-12-8-11(17)5-6-14(12)18-15(13)19/h1-8H,(H,18,19). The van der Waals surface area contributed by atoms with Gasteiger partial charge in [-0.25, -0.2) is 0 Å². The summed E-state index contributed by atoms with van der Waals surface area (Å²) in [6.07, 6.45) is 1.88. The Balaban J connectivity index is 2.08. The van der Waals surface area contributed by atoms with Gasteiger partial charge >= 0.3 is 0 Å². The fourth-order valence-corrected chi connectivity index (χ4v) is 2.65. The SMILES string of the molecule is O=C1Nc2ccc(I)cc2C1=Cc1ccc(Cl)cc1. The van der Waals surface area contributed by atoms with E-state index < -0.39 is 0 Å². The molecule has 1 aliphatic rings. The Morgan fingerprint density at radius 1 is 1.11 bits per heavy atom. The Kier molecular flexibility index (Phi) is 3.33. The van der Waals surface area contributed by atoms with Gasteiger partial charge in [0.25, 0.3) is 5.91 Å². The number of hydrogen-bond donors (Lipinski definition) is 1. The van der Waals surface area contributed by atoms with Gasteiger partial charge < -0.3 is 5.32 Å². The van der Waals surface area contributed by atoms with Crippen LogP contribution in [0.5, 0.6) is 0 Å². The van der Waals surface area contributed by atoms with Gasteiger partial charge in [-0.1, -0.05) is 23.7 Å². The summed E-state index contributed by atoms with van der Waals surface area (Å²) in [5.74, 6) is -0.0630. The number of fused-ring (bicyclic) bond motifs is 1. The summed E-state index contributed by atoms with van der Waals surface area (Å²) in [6.45, 7) is 0. The molecular formula is C15H9ClINO. The smallest absolute Gasteiger partial charge is 0.256 e.